The normalized spacial score (nSPS) is 21.9. The molecular weight excluding hydrogens is 260 g/mol. The van der Waals surface area contributed by atoms with E-state index in [9.17, 15) is 9.59 Å². The molecule has 0 aliphatic carbocycles. The van der Waals surface area contributed by atoms with Crippen LogP contribution in [0, 0.1) is 0 Å². The van der Waals surface area contributed by atoms with Crippen LogP contribution in [-0.2, 0) is 9.59 Å². The highest BCUT2D eigenvalue weighted by atomic mass is 16.4. The zero-order chi connectivity index (χ0) is 15.3. The van der Waals surface area contributed by atoms with Crippen LogP contribution in [0.2, 0.25) is 0 Å². The van der Waals surface area contributed by atoms with Crippen LogP contribution in [0.5, 0.6) is 0 Å². The van der Waals surface area contributed by atoms with E-state index < -0.39 is 11.9 Å². The van der Waals surface area contributed by atoms with Crippen molar-refractivity contribution >= 4 is 11.9 Å². The Labute approximate surface area is 117 Å². The standard InChI is InChI=1S/C10H16N2.C4H4O4/c1-7-6-12(3)8(2)9-4-5-11-10(7)9;5-3(6)1-2-4(7)8/h4-5,7-8,11H,6H2,1-3H3;1-2H,(H,5,6)(H,7,8)/b;2-1+. The average molecular weight is 280 g/mol. The van der Waals surface area contributed by atoms with Gasteiger partial charge in [-0.3, -0.25) is 4.90 Å². The van der Waals surface area contributed by atoms with Crippen LogP contribution in [0.15, 0.2) is 24.4 Å². The molecule has 1 aliphatic rings. The molecule has 0 saturated heterocycles. The molecule has 2 heterocycles. The van der Waals surface area contributed by atoms with Crippen molar-refractivity contribution in [3.8, 4) is 0 Å². The number of fused-ring (bicyclic) bond motifs is 1. The van der Waals surface area contributed by atoms with Crippen LogP contribution < -0.4 is 0 Å². The number of carbonyl (C=O) groups is 2. The lowest BCUT2D eigenvalue weighted by Gasteiger charge is -2.33. The molecule has 0 amide bonds. The van der Waals surface area contributed by atoms with Gasteiger partial charge in [0, 0.05) is 42.5 Å². The quantitative estimate of drug-likeness (QED) is 0.719. The number of H-pyrrole nitrogens is 1. The summed E-state index contributed by atoms with van der Waals surface area (Å²) in [4.78, 5) is 24.8. The van der Waals surface area contributed by atoms with Crippen molar-refractivity contribution < 1.29 is 19.8 Å². The van der Waals surface area contributed by atoms with E-state index in [-0.39, 0.29) is 0 Å². The Morgan fingerprint density at radius 3 is 2.35 bits per heavy atom. The van der Waals surface area contributed by atoms with E-state index in [1.807, 2.05) is 0 Å². The zero-order valence-electron chi connectivity index (χ0n) is 11.8. The summed E-state index contributed by atoms with van der Waals surface area (Å²) in [5.74, 6) is -1.86. The lowest BCUT2D eigenvalue weighted by atomic mass is 9.94. The Kier molecular flexibility index (Phi) is 5.52. The first-order valence-corrected chi connectivity index (χ1v) is 6.34. The predicted molar refractivity (Wildman–Crippen MR) is 74.7 cm³/mol. The number of carboxylic acids is 2. The first-order valence-electron chi connectivity index (χ1n) is 6.34. The summed E-state index contributed by atoms with van der Waals surface area (Å²) >= 11 is 0. The fraction of sp³-hybridized carbons (Fsp3) is 0.429. The minimum absolute atomic E-state index is 0.558. The van der Waals surface area contributed by atoms with Crippen molar-refractivity contribution in [2.24, 2.45) is 0 Å². The predicted octanol–water partition coefficient (Wildman–Crippen LogP) is 1.84. The minimum atomic E-state index is -1.26. The number of aromatic nitrogens is 1. The van der Waals surface area contributed by atoms with Gasteiger partial charge >= 0.3 is 11.9 Å². The fourth-order valence-electron chi connectivity index (χ4n) is 2.25. The Morgan fingerprint density at radius 2 is 1.85 bits per heavy atom. The maximum atomic E-state index is 9.55. The monoisotopic (exact) mass is 280 g/mol. The summed E-state index contributed by atoms with van der Waals surface area (Å²) in [6, 6.07) is 2.77. The Bertz CT molecular complexity index is 491. The minimum Gasteiger partial charge on any atom is -0.478 e. The average Bonchev–Trinajstić information content (AvgIpc) is 2.84. The van der Waals surface area contributed by atoms with Crippen molar-refractivity contribution in [2.45, 2.75) is 25.8 Å². The van der Waals surface area contributed by atoms with E-state index >= 15 is 0 Å². The van der Waals surface area contributed by atoms with Crippen molar-refractivity contribution in [3.05, 3.63) is 35.7 Å². The summed E-state index contributed by atoms with van der Waals surface area (Å²) < 4.78 is 0. The number of nitrogens with one attached hydrogen (secondary N) is 1. The number of nitrogens with zero attached hydrogens (tertiary/aromatic N) is 1. The molecule has 2 unspecified atom stereocenters. The zero-order valence-corrected chi connectivity index (χ0v) is 11.8. The van der Waals surface area contributed by atoms with E-state index in [1.54, 1.807) is 0 Å². The maximum absolute atomic E-state index is 9.55. The summed E-state index contributed by atoms with van der Waals surface area (Å²) in [6.45, 7) is 5.70. The molecule has 2 atom stereocenters. The van der Waals surface area contributed by atoms with Crippen LogP contribution in [0.25, 0.3) is 0 Å². The molecule has 0 saturated carbocycles. The van der Waals surface area contributed by atoms with Gasteiger partial charge in [0.1, 0.15) is 0 Å². The highest BCUT2D eigenvalue weighted by Gasteiger charge is 2.26. The number of rotatable bonds is 2. The number of carboxylic acid groups (broad SMARTS) is 2. The number of hydrogen-bond acceptors (Lipinski definition) is 3. The first kappa shape index (κ1) is 16.0. The molecule has 1 aliphatic heterocycles. The van der Waals surface area contributed by atoms with Crippen LogP contribution in [0.4, 0.5) is 0 Å². The molecular formula is C14H20N2O4. The van der Waals surface area contributed by atoms with Crippen LogP contribution in [0.3, 0.4) is 0 Å². The fourth-order valence-corrected chi connectivity index (χ4v) is 2.25. The highest BCUT2D eigenvalue weighted by molar-refractivity contribution is 5.89. The third-order valence-corrected chi connectivity index (χ3v) is 3.35. The van der Waals surface area contributed by atoms with E-state index in [0.29, 0.717) is 24.1 Å². The third kappa shape index (κ3) is 4.24. The largest absolute Gasteiger partial charge is 0.478 e. The lowest BCUT2D eigenvalue weighted by Crippen LogP contribution is -2.32. The molecule has 1 aromatic heterocycles. The number of likely N-dealkylation sites (N-methyl/N-ethyl adjacent to an activating group) is 1. The summed E-state index contributed by atoms with van der Waals surface area (Å²) in [7, 11) is 2.19. The Hall–Kier alpha value is -2.08. The van der Waals surface area contributed by atoms with Gasteiger partial charge in [0.2, 0.25) is 0 Å². The van der Waals surface area contributed by atoms with Gasteiger partial charge in [0.05, 0.1) is 0 Å². The molecule has 0 bridgehead atoms. The molecule has 3 N–H and O–H groups in total. The van der Waals surface area contributed by atoms with Crippen LogP contribution >= 0.6 is 0 Å². The second-order valence-electron chi connectivity index (χ2n) is 4.87. The molecule has 2 rings (SSSR count). The van der Waals surface area contributed by atoms with Gasteiger partial charge in [-0.15, -0.1) is 0 Å². The molecule has 0 aromatic carbocycles. The molecule has 110 valence electrons. The summed E-state index contributed by atoms with van der Waals surface area (Å²) in [6.07, 6.45) is 3.17. The van der Waals surface area contributed by atoms with Crippen molar-refractivity contribution in [1.29, 1.82) is 0 Å². The maximum Gasteiger partial charge on any atom is 0.328 e. The van der Waals surface area contributed by atoms with Crippen molar-refractivity contribution in [3.63, 3.8) is 0 Å². The molecule has 6 nitrogen and oxygen atoms in total. The van der Waals surface area contributed by atoms with Crippen LogP contribution in [0.1, 0.15) is 37.1 Å². The third-order valence-electron chi connectivity index (χ3n) is 3.35. The van der Waals surface area contributed by atoms with E-state index in [0.717, 1.165) is 6.54 Å². The smallest absolute Gasteiger partial charge is 0.328 e. The Balaban J connectivity index is 0.000000221. The molecule has 0 fully saturated rings. The molecule has 20 heavy (non-hydrogen) atoms. The molecule has 0 spiro atoms. The van der Waals surface area contributed by atoms with Gasteiger partial charge in [-0.2, -0.15) is 0 Å². The van der Waals surface area contributed by atoms with Crippen molar-refractivity contribution in [2.75, 3.05) is 13.6 Å². The van der Waals surface area contributed by atoms with Gasteiger partial charge < -0.3 is 15.2 Å². The molecule has 0 radical (unpaired) electrons. The van der Waals surface area contributed by atoms with Gasteiger partial charge in [0.15, 0.2) is 0 Å². The second-order valence-corrected chi connectivity index (χ2v) is 4.87. The lowest BCUT2D eigenvalue weighted by molar-refractivity contribution is -0.134. The van der Waals surface area contributed by atoms with Gasteiger partial charge in [0.25, 0.3) is 0 Å². The van der Waals surface area contributed by atoms with E-state index in [2.05, 4.69) is 43.0 Å². The summed E-state index contributed by atoms with van der Waals surface area (Å²) in [5, 5.41) is 15.6. The van der Waals surface area contributed by atoms with E-state index in [1.165, 1.54) is 11.3 Å². The number of hydrogen-bond donors (Lipinski definition) is 3. The van der Waals surface area contributed by atoms with Crippen molar-refractivity contribution in [1.82, 2.24) is 9.88 Å². The first-order chi connectivity index (χ1) is 9.32. The van der Waals surface area contributed by atoms with Crippen LogP contribution in [-0.4, -0.2) is 45.6 Å². The highest BCUT2D eigenvalue weighted by Crippen LogP contribution is 2.33. The topological polar surface area (TPSA) is 93.6 Å². The van der Waals surface area contributed by atoms with Gasteiger partial charge in [-0.05, 0) is 25.6 Å². The SMILES string of the molecule is CC1CN(C)C(C)c2cc[nH]c21.O=C(O)/C=C/C(=O)O. The number of aliphatic carboxylic acids is 2. The summed E-state index contributed by atoms with van der Waals surface area (Å²) in [5.41, 5.74) is 2.90. The van der Waals surface area contributed by atoms with Gasteiger partial charge in [-0.1, -0.05) is 6.92 Å². The molecule has 6 heteroatoms. The second kappa shape index (κ2) is 6.91. The van der Waals surface area contributed by atoms with E-state index in [4.69, 9.17) is 10.2 Å². The Morgan fingerprint density at radius 1 is 1.30 bits per heavy atom. The molecule has 1 aromatic rings. The van der Waals surface area contributed by atoms with Gasteiger partial charge in [-0.25, -0.2) is 9.59 Å². The number of aromatic amines is 1.